The van der Waals surface area contributed by atoms with E-state index < -0.39 is 0 Å². The Hall–Kier alpha value is -2.89. The molecule has 0 N–H and O–H groups in total. The van der Waals surface area contributed by atoms with Gasteiger partial charge in [-0.25, -0.2) is 4.68 Å². The lowest BCUT2D eigenvalue weighted by molar-refractivity contribution is 0.0651. The second kappa shape index (κ2) is 6.93. The van der Waals surface area contributed by atoms with E-state index in [2.05, 4.69) is 5.10 Å². The summed E-state index contributed by atoms with van der Waals surface area (Å²) >= 11 is 0. The number of amides is 1. The quantitative estimate of drug-likeness (QED) is 0.704. The largest absolute Gasteiger partial charge is 0.451 e. The summed E-state index contributed by atoms with van der Waals surface area (Å²) in [6.45, 7) is 2.00. The zero-order valence-electron chi connectivity index (χ0n) is 15.8. The van der Waals surface area contributed by atoms with E-state index in [0.29, 0.717) is 31.3 Å². The molecule has 0 atom stereocenters. The summed E-state index contributed by atoms with van der Waals surface area (Å²) in [5.41, 5.74) is 2.94. The van der Waals surface area contributed by atoms with Crippen LogP contribution in [0.2, 0.25) is 0 Å². The van der Waals surface area contributed by atoms with Crippen molar-refractivity contribution in [3.8, 4) is 0 Å². The van der Waals surface area contributed by atoms with Gasteiger partial charge >= 0.3 is 0 Å². The lowest BCUT2D eigenvalue weighted by Gasteiger charge is -2.31. The molecule has 1 saturated heterocycles. The molecule has 0 unspecified atom stereocenters. The molecular formula is C22H23N3O3. The van der Waals surface area contributed by atoms with Crippen molar-refractivity contribution < 1.29 is 9.21 Å². The van der Waals surface area contributed by atoms with Gasteiger partial charge in [-0.2, -0.15) is 5.10 Å². The van der Waals surface area contributed by atoms with Crippen molar-refractivity contribution in [2.45, 2.75) is 38.6 Å². The second-order valence-electron chi connectivity index (χ2n) is 7.87. The predicted octanol–water partition coefficient (Wildman–Crippen LogP) is 3.03. The van der Waals surface area contributed by atoms with Crippen molar-refractivity contribution >= 4 is 16.9 Å². The van der Waals surface area contributed by atoms with Gasteiger partial charge in [0.2, 0.25) is 0 Å². The number of hydrogen-bond acceptors (Lipinski definition) is 4. The monoisotopic (exact) mass is 377 g/mol. The maximum absolute atomic E-state index is 12.8. The van der Waals surface area contributed by atoms with Crippen LogP contribution in [0.4, 0.5) is 0 Å². The van der Waals surface area contributed by atoms with E-state index >= 15 is 0 Å². The number of furan rings is 1. The minimum atomic E-state index is -0.0533. The zero-order valence-corrected chi connectivity index (χ0v) is 15.8. The minimum absolute atomic E-state index is 0.00133. The summed E-state index contributed by atoms with van der Waals surface area (Å²) in [5.74, 6) is 0.711. The first-order chi connectivity index (χ1) is 13.7. The fraction of sp³-hybridized carbons (Fsp3) is 0.409. The maximum atomic E-state index is 12.8. The van der Waals surface area contributed by atoms with Crippen molar-refractivity contribution in [2.24, 2.45) is 5.92 Å². The molecule has 28 heavy (non-hydrogen) atoms. The minimum Gasteiger partial charge on any atom is -0.451 e. The van der Waals surface area contributed by atoms with Crippen molar-refractivity contribution in [3.05, 3.63) is 63.8 Å². The van der Waals surface area contributed by atoms with Crippen LogP contribution in [0.5, 0.6) is 0 Å². The number of hydrogen-bond donors (Lipinski definition) is 0. The van der Waals surface area contributed by atoms with E-state index in [4.69, 9.17) is 4.42 Å². The Morgan fingerprint density at radius 3 is 2.79 bits per heavy atom. The fourth-order valence-electron chi connectivity index (χ4n) is 4.38. The lowest BCUT2D eigenvalue weighted by Crippen LogP contribution is -2.40. The first-order valence-corrected chi connectivity index (χ1v) is 10.0. The molecule has 0 saturated carbocycles. The molecule has 144 valence electrons. The summed E-state index contributed by atoms with van der Waals surface area (Å²) in [5, 5.41) is 5.53. The molecule has 1 aliphatic carbocycles. The molecule has 2 aromatic heterocycles. The van der Waals surface area contributed by atoms with Crippen molar-refractivity contribution in [2.75, 3.05) is 13.1 Å². The topological polar surface area (TPSA) is 68.3 Å². The highest BCUT2D eigenvalue weighted by Gasteiger charge is 2.26. The summed E-state index contributed by atoms with van der Waals surface area (Å²) in [4.78, 5) is 27.0. The Bertz CT molecular complexity index is 1060. The van der Waals surface area contributed by atoms with Crippen molar-refractivity contribution in [3.63, 3.8) is 0 Å². The SMILES string of the molecule is O=C(c1cc2ccccc2o1)N1CCC(Cn2nc3c(cc2=O)CCC3)CC1. The van der Waals surface area contributed by atoms with Crippen LogP contribution in [0.1, 0.15) is 41.1 Å². The van der Waals surface area contributed by atoms with Crippen LogP contribution in [0.25, 0.3) is 11.0 Å². The van der Waals surface area contributed by atoms with E-state index in [1.165, 1.54) is 0 Å². The average molecular weight is 377 g/mol. The summed E-state index contributed by atoms with van der Waals surface area (Å²) in [6.07, 6.45) is 4.78. The average Bonchev–Trinajstić information content (AvgIpc) is 3.34. The van der Waals surface area contributed by atoms with Crippen molar-refractivity contribution in [1.29, 1.82) is 0 Å². The highest BCUT2D eigenvalue weighted by atomic mass is 16.3. The van der Waals surface area contributed by atoms with Gasteiger partial charge in [0.1, 0.15) is 5.58 Å². The van der Waals surface area contributed by atoms with E-state index in [0.717, 1.165) is 54.3 Å². The molecular weight excluding hydrogens is 354 g/mol. The molecule has 0 radical (unpaired) electrons. The van der Waals surface area contributed by atoms with Gasteiger partial charge in [-0.05, 0) is 55.7 Å². The van der Waals surface area contributed by atoms with E-state index in [1.54, 1.807) is 10.7 Å². The maximum Gasteiger partial charge on any atom is 0.289 e. The van der Waals surface area contributed by atoms with Gasteiger partial charge in [0.05, 0.1) is 5.69 Å². The number of aryl methyl sites for hydroxylation is 2. The van der Waals surface area contributed by atoms with Gasteiger partial charge in [0.25, 0.3) is 11.5 Å². The predicted molar refractivity (Wildman–Crippen MR) is 105 cm³/mol. The first-order valence-electron chi connectivity index (χ1n) is 10.0. The van der Waals surface area contributed by atoms with Crippen LogP contribution in [-0.2, 0) is 19.4 Å². The number of para-hydroxylation sites is 1. The van der Waals surface area contributed by atoms with E-state index in [-0.39, 0.29) is 11.5 Å². The molecule has 1 fully saturated rings. The van der Waals surface area contributed by atoms with Crippen LogP contribution >= 0.6 is 0 Å². The van der Waals surface area contributed by atoms with E-state index in [9.17, 15) is 9.59 Å². The molecule has 2 aliphatic rings. The lowest BCUT2D eigenvalue weighted by atomic mass is 9.96. The number of carbonyl (C=O) groups excluding carboxylic acids is 1. The smallest absolute Gasteiger partial charge is 0.289 e. The Kier molecular flexibility index (Phi) is 4.26. The molecule has 1 amide bonds. The molecule has 6 heteroatoms. The Labute approximate surface area is 162 Å². The highest BCUT2D eigenvalue weighted by Crippen LogP contribution is 2.24. The third kappa shape index (κ3) is 3.13. The number of piperidine rings is 1. The third-order valence-electron chi connectivity index (χ3n) is 5.99. The molecule has 5 rings (SSSR count). The Balaban J connectivity index is 1.24. The summed E-state index contributed by atoms with van der Waals surface area (Å²) in [6, 6.07) is 11.2. The number of carbonyl (C=O) groups is 1. The number of nitrogens with zero attached hydrogens (tertiary/aromatic N) is 3. The molecule has 3 heterocycles. The van der Waals surface area contributed by atoms with Crippen molar-refractivity contribution in [1.82, 2.24) is 14.7 Å². The van der Waals surface area contributed by atoms with Gasteiger partial charge in [-0.1, -0.05) is 18.2 Å². The van der Waals surface area contributed by atoms with Crippen LogP contribution in [0, 0.1) is 5.92 Å². The molecule has 0 bridgehead atoms. The molecule has 3 aromatic rings. The molecule has 6 nitrogen and oxygen atoms in total. The summed E-state index contributed by atoms with van der Waals surface area (Å²) in [7, 11) is 0. The molecule has 0 spiro atoms. The standard InChI is InChI=1S/C22H23N3O3/c26-21-13-16-5-3-6-18(16)23-25(21)14-15-8-10-24(11-9-15)22(27)20-12-17-4-1-2-7-19(17)28-20/h1-2,4,7,12-13,15H,3,5-6,8-11,14H2. The number of benzene rings is 1. The van der Waals surface area contributed by atoms with Crippen LogP contribution < -0.4 is 5.56 Å². The second-order valence-corrected chi connectivity index (χ2v) is 7.87. The van der Waals surface area contributed by atoms with Gasteiger partial charge < -0.3 is 9.32 Å². The fourth-order valence-corrected chi connectivity index (χ4v) is 4.38. The number of aromatic nitrogens is 2. The highest BCUT2D eigenvalue weighted by molar-refractivity contribution is 5.96. The van der Waals surface area contributed by atoms with E-state index in [1.807, 2.05) is 35.2 Å². The Morgan fingerprint density at radius 2 is 1.96 bits per heavy atom. The molecule has 1 aromatic carbocycles. The van der Waals surface area contributed by atoms with Crippen LogP contribution in [-0.4, -0.2) is 33.7 Å². The Morgan fingerprint density at radius 1 is 1.14 bits per heavy atom. The van der Waals surface area contributed by atoms with Gasteiger partial charge in [0.15, 0.2) is 5.76 Å². The van der Waals surface area contributed by atoms with Gasteiger partial charge in [0, 0.05) is 31.1 Å². The van der Waals surface area contributed by atoms with Gasteiger partial charge in [-0.3, -0.25) is 9.59 Å². The van der Waals surface area contributed by atoms with Crippen LogP contribution in [0.15, 0.2) is 45.6 Å². The van der Waals surface area contributed by atoms with Gasteiger partial charge in [-0.15, -0.1) is 0 Å². The number of likely N-dealkylation sites (tertiary alicyclic amines) is 1. The number of rotatable bonds is 3. The van der Waals surface area contributed by atoms with Crippen LogP contribution in [0.3, 0.4) is 0 Å². The zero-order chi connectivity index (χ0) is 19.1. The number of fused-ring (bicyclic) bond motifs is 2. The molecule has 1 aliphatic heterocycles. The first kappa shape index (κ1) is 17.2. The normalized spacial score (nSPS) is 17.2. The summed E-state index contributed by atoms with van der Waals surface area (Å²) < 4.78 is 7.35. The third-order valence-corrected chi connectivity index (χ3v) is 5.99.